The summed E-state index contributed by atoms with van der Waals surface area (Å²) in [5, 5.41) is 4.51. The second-order valence-corrected chi connectivity index (χ2v) is 21.5. The number of hydrogen-bond acceptors (Lipinski definition) is 3. The average molecular weight is 1050 g/mol. The van der Waals surface area contributed by atoms with Gasteiger partial charge in [0.1, 0.15) is 22.3 Å². The van der Waals surface area contributed by atoms with E-state index in [2.05, 4.69) is 296 Å². The largest absolute Gasteiger partial charge is 0.455 e. The number of rotatable bonds is 10. The van der Waals surface area contributed by atoms with E-state index in [1.54, 1.807) is 0 Å². The molecule has 1 aliphatic carbocycles. The summed E-state index contributed by atoms with van der Waals surface area (Å²) in [5.74, 6) is 0. The van der Waals surface area contributed by atoms with Crippen LogP contribution in [0.25, 0.3) is 111 Å². The SMILES string of the molecule is c1ccc(-c2ccc(N(c3ccc(-c4ccc5c(c4)-c4ccccc4C5(c4ccc(-c5ccccc5)cc4)c4ccc(-c5cccc6c5oc5ccccc56)cc4)cc3)c3ccc(-c4cccc5c4oc4ccccc45)cc3)cc2)cc1. The Hall–Kier alpha value is -10.7. The molecule has 3 nitrogen and oxygen atoms in total. The molecule has 0 radical (unpaired) electrons. The lowest BCUT2D eigenvalue weighted by Crippen LogP contribution is -2.28. The summed E-state index contributed by atoms with van der Waals surface area (Å²) in [5.41, 5.74) is 25.1. The van der Waals surface area contributed by atoms with Crippen LogP contribution < -0.4 is 4.90 Å². The van der Waals surface area contributed by atoms with Gasteiger partial charge in [-0.1, -0.05) is 255 Å². The van der Waals surface area contributed by atoms with E-state index in [0.717, 1.165) is 94.3 Å². The highest BCUT2D eigenvalue weighted by Crippen LogP contribution is 2.57. The zero-order valence-electron chi connectivity index (χ0n) is 44.7. The first-order valence-corrected chi connectivity index (χ1v) is 28.1. The van der Waals surface area contributed by atoms with Crippen molar-refractivity contribution < 1.29 is 8.83 Å². The molecule has 1 aliphatic rings. The molecule has 384 valence electrons. The van der Waals surface area contributed by atoms with Gasteiger partial charge in [-0.3, -0.25) is 0 Å². The quantitative estimate of drug-likeness (QED) is 0.137. The molecule has 13 aromatic carbocycles. The molecule has 15 aromatic rings. The van der Waals surface area contributed by atoms with Crippen LogP contribution in [-0.4, -0.2) is 0 Å². The molecule has 0 aliphatic heterocycles. The van der Waals surface area contributed by atoms with Crippen LogP contribution in [0.2, 0.25) is 0 Å². The van der Waals surface area contributed by atoms with E-state index >= 15 is 0 Å². The van der Waals surface area contributed by atoms with Gasteiger partial charge in [-0.05, 0) is 132 Å². The maximum absolute atomic E-state index is 6.55. The van der Waals surface area contributed by atoms with E-state index in [9.17, 15) is 0 Å². The van der Waals surface area contributed by atoms with E-state index in [-0.39, 0.29) is 0 Å². The number of benzene rings is 13. The minimum absolute atomic E-state index is 0.599. The van der Waals surface area contributed by atoms with Crippen LogP contribution >= 0.6 is 0 Å². The molecular weight excluding hydrogens is 995 g/mol. The van der Waals surface area contributed by atoms with E-state index in [0.29, 0.717) is 0 Å². The van der Waals surface area contributed by atoms with Crippen LogP contribution in [0.5, 0.6) is 0 Å². The summed E-state index contributed by atoms with van der Waals surface area (Å²) >= 11 is 0. The smallest absolute Gasteiger partial charge is 0.143 e. The Morgan fingerprint density at radius 1 is 0.232 bits per heavy atom. The van der Waals surface area contributed by atoms with E-state index in [1.165, 1.54) is 55.6 Å². The summed E-state index contributed by atoms with van der Waals surface area (Å²) in [7, 11) is 0. The van der Waals surface area contributed by atoms with Crippen molar-refractivity contribution in [1.82, 2.24) is 0 Å². The molecule has 0 amide bonds. The molecule has 0 fully saturated rings. The molecule has 0 bridgehead atoms. The molecule has 0 spiro atoms. The molecule has 1 unspecified atom stereocenters. The number of anilines is 3. The number of furan rings is 2. The monoisotopic (exact) mass is 1050 g/mol. The standard InChI is InChI=1S/C79H51NO2/c1-3-15-52(16-4-1)54-29-40-60(41-30-54)79(61-42-31-57(32-43-61)65-22-13-24-70-68-20-8-11-27-75(68)81-77(65)70)73-26-10-7-19-67(73)72-51-59(39-50-74(72)79)56-35-46-63(47-36-56)80(62-44-33-55(34-45-62)53-17-5-2-6-18-53)64-48-37-58(38-49-64)66-23-14-25-71-69-21-9-12-28-76(69)82-78(66)71/h1-51H. The van der Waals surface area contributed by atoms with Gasteiger partial charge >= 0.3 is 0 Å². The Morgan fingerprint density at radius 2 is 0.585 bits per heavy atom. The van der Waals surface area contributed by atoms with Crippen LogP contribution in [0.4, 0.5) is 17.1 Å². The van der Waals surface area contributed by atoms with Crippen molar-refractivity contribution in [2.45, 2.75) is 5.41 Å². The molecule has 3 heteroatoms. The van der Waals surface area contributed by atoms with Gasteiger partial charge in [-0.15, -0.1) is 0 Å². The third kappa shape index (κ3) is 7.66. The van der Waals surface area contributed by atoms with Crippen molar-refractivity contribution >= 4 is 60.9 Å². The van der Waals surface area contributed by atoms with Gasteiger partial charge in [0.05, 0.1) is 5.41 Å². The first kappa shape index (κ1) is 47.3. The fraction of sp³-hybridized carbons (Fsp3) is 0.0127. The van der Waals surface area contributed by atoms with Crippen molar-refractivity contribution in [3.05, 3.63) is 332 Å². The zero-order chi connectivity index (χ0) is 54.1. The van der Waals surface area contributed by atoms with Crippen LogP contribution in [-0.2, 0) is 5.41 Å². The van der Waals surface area contributed by atoms with E-state index < -0.39 is 5.41 Å². The number of nitrogens with zero attached hydrogens (tertiary/aromatic N) is 1. The first-order chi connectivity index (χ1) is 40.6. The molecule has 0 N–H and O–H groups in total. The summed E-state index contributed by atoms with van der Waals surface area (Å²) in [6, 6.07) is 112. The molecule has 16 rings (SSSR count). The second-order valence-electron chi connectivity index (χ2n) is 21.5. The van der Waals surface area contributed by atoms with Gasteiger partial charge in [0, 0.05) is 49.7 Å². The molecule has 2 heterocycles. The van der Waals surface area contributed by atoms with Gasteiger partial charge in [0.2, 0.25) is 0 Å². The zero-order valence-corrected chi connectivity index (χ0v) is 44.7. The molecule has 0 saturated carbocycles. The minimum atomic E-state index is -0.599. The Bertz CT molecular complexity index is 4860. The maximum atomic E-state index is 6.55. The number of para-hydroxylation sites is 4. The maximum Gasteiger partial charge on any atom is 0.143 e. The van der Waals surface area contributed by atoms with Gasteiger partial charge < -0.3 is 13.7 Å². The van der Waals surface area contributed by atoms with Crippen molar-refractivity contribution in [3.8, 4) is 66.8 Å². The van der Waals surface area contributed by atoms with Crippen molar-refractivity contribution in [1.29, 1.82) is 0 Å². The fourth-order valence-electron chi connectivity index (χ4n) is 13.1. The molecule has 1 atom stereocenters. The van der Waals surface area contributed by atoms with E-state index in [1.807, 2.05) is 18.2 Å². The molecule has 82 heavy (non-hydrogen) atoms. The molecular formula is C79H51NO2. The molecule has 0 saturated heterocycles. The third-order valence-corrected chi connectivity index (χ3v) is 17.0. The lowest BCUT2D eigenvalue weighted by atomic mass is 9.67. The fourth-order valence-corrected chi connectivity index (χ4v) is 13.1. The lowest BCUT2D eigenvalue weighted by Gasteiger charge is -2.34. The first-order valence-electron chi connectivity index (χ1n) is 28.1. The number of hydrogen-bond donors (Lipinski definition) is 0. The van der Waals surface area contributed by atoms with E-state index in [4.69, 9.17) is 8.83 Å². The Balaban J connectivity index is 0.791. The normalized spacial score (nSPS) is 13.7. The van der Waals surface area contributed by atoms with Gasteiger partial charge in [0.25, 0.3) is 0 Å². The molecule has 2 aromatic heterocycles. The third-order valence-electron chi connectivity index (χ3n) is 17.0. The topological polar surface area (TPSA) is 29.5 Å². The predicted octanol–water partition coefficient (Wildman–Crippen LogP) is 21.7. The van der Waals surface area contributed by atoms with Crippen LogP contribution in [0.15, 0.2) is 318 Å². The number of fused-ring (bicyclic) bond motifs is 9. The highest BCUT2D eigenvalue weighted by atomic mass is 16.3. The summed E-state index contributed by atoms with van der Waals surface area (Å²) in [6.45, 7) is 0. The summed E-state index contributed by atoms with van der Waals surface area (Å²) in [6.07, 6.45) is 0. The van der Waals surface area contributed by atoms with Crippen molar-refractivity contribution in [2.75, 3.05) is 4.90 Å². The van der Waals surface area contributed by atoms with Gasteiger partial charge in [-0.2, -0.15) is 0 Å². The highest BCUT2D eigenvalue weighted by Gasteiger charge is 2.46. The highest BCUT2D eigenvalue weighted by molar-refractivity contribution is 6.11. The minimum Gasteiger partial charge on any atom is -0.455 e. The van der Waals surface area contributed by atoms with Crippen LogP contribution in [0.1, 0.15) is 22.3 Å². The lowest BCUT2D eigenvalue weighted by molar-refractivity contribution is 0.669. The predicted molar refractivity (Wildman–Crippen MR) is 340 cm³/mol. The summed E-state index contributed by atoms with van der Waals surface area (Å²) < 4.78 is 13.0. The summed E-state index contributed by atoms with van der Waals surface area (Å²) in [4.78, 5) is 2.35. The van der Waals surface area contributed by atoms with Crippen LogP contribution in [0.3, 0.4) is 0 Å². The Kier molecular flexibility index (Phi) is 11.1. The Labute approximate surface area is 475 Å². The van der Waals surface area contributed by atoms with Gasteiger partial charge in [0.15, 0.2) is 0 Å². The second kappa shape index (κ2) is 19.3. The van der Waals surface area contributed by atoms with Crippen LogP contribution in [0, 0.1) is 0 Å². The van der Waals surface area contributed by atoms with Crippen molar-refractivity contribution in [3.63, 3.8) is 0 Å². The Morgan fingerprint density at radius 3 is 1.10 bits per heavy atom. The average Bonchev–Trinajstić information content (AvgIpc) is 3.43. The van der Waals surface area contributed by atoms with Crippen molar-refractivity contribution in [2.24, 2.45) is 0 Å². The van der Waals surface area contributed by atoms with Gasteiger partial charge in [-0.25, -0.2) is 0 Å².